The van der Waals surface area contributed by atoms with E-state index in [1.54, 1.807) is 0 Å². The predicted molar refractivity (Wildman–Crippen MR) is 146 cm³/mol. The van der Waals surface area contributed by atoms with Gasteiger partial charge in [-0.05, 0) is 32.1 Å². The van der Waals surface area contributed by atoms with Gasteiger partial charge in [-0.15, -0.1) is 0 Å². The minimum absolute atomic E-state index is 0.217. The number of unbranched alkanes of at least 4 members (excludes halogenated alkanes) is 11. The Morgan fingerprint density at radius 2 is 1.41 bits per heavy atom. The number of rotatable bonds is 22. The monoisotopic (exact) mass is 560 g/mol. The molecule has 228 valence electrons. The first-order valence-electron chi connectivity index (χ1n) is 14.7. The molecule has 1 rings (SSSR count). The van der Waals surface area contributed by atoms with Crippen LogP contribution in [0.1, 0.15) is 104 Å². The van der Waals surface area contributed by atoms with Gasteiger partial charge in [0, 0.05) is 13.3 Å². The van der Waals surface area contributed by atoms with Crippen molar-refractivity contribution in [3.63, 3.8) is 0 Å². The molecule has 0 aromatic rings. The van der Waals surface area contributed by atoms with Crippen molar-refractivity contribution in [3.05, 3.63) is 12.2 Å². The molecule has 10 nitrogen and oxygen atoms in total. The number of aliphatic hydroxyl groups is 4. The molecule has 0 aromatic carbocycles. The van der Waals surface area contributed by atoms with Crippen LogP contribution in [0.25, 0.3) is 0 Å². The summed E-state index contributed by atoms with van der Waals surface area (Å²) in [6, 6.07) is 0. The molecule has 1 heterocycles. The Kier molecular flexibility index (Phi) is 20.2. The number of carbonyl (C=O) groups excluding carboxylic acids is 2. The van der Waals surface area contributed by atoms with Crippen LogP contribution >= 0.6 is 0 Å². The SMILES string of the molecule is CCCCCCCC/C=C\CCCCCCCC(=O)O[C@H](COC(C)=O)CO[C@H]1O[C@H](CO)[C@H](O)[C@H](O)[C@H]1O. The third kappa shape index (κ3) is 16.3. The molecule has 1 aliphatic rings. The second-order valence-electron chi connectivity index (χ2n) is 10.3. The van der Waals surface area contributed by atoms with Crippen molar-refractivity contribution in [3.8, 4) is 0 Å². The first kappa shape index (κ1) is 35.5. The van der Waals surface area contributed by atoms with Crippen molar-refractivity contribution in [1.82, 2.24) is 0 Å². The highest BCUT2D eigenvalue weighted by atomic mass is 16.7. The van der Waals surface area contributed by atoms with E-state index in [0.29, 0.717) is 6.42 Å². The van der Waals surface area contributed by atoms with Gasteiger partial charge in [0.1, 0.15) is 31.0 Å². The lowest BCUT2D eigenvalue weighted by Gasteiger charge is -2.39. The maximum Gasteiger partial charge on any atom is 0.306 e. The highest BCUT2D eigenvalue weighted by Gasteiger charge is 2.44. The summed E-state index contributed by atoms with van der Waals surface area (Å²) in [7, 11) is 0. The molecule has 0 bridgehead atoms. The van der Waals surface area contributed by atoms with Crippen molar-refractivity contribution in [1.29, 1.82) is 0 Å². The maximum absolute atomic E-state index is 12.3. The van der Waals surface area contributed by atoms with Crippen LogP contribution in [0.4, 0.5) is 0 Å². The highest BCUT2D eigenvalue weighted by molar-refractivity contribution is 5.69. The largest absolute Gasteiger partial charge is 0.462 e. The third-order valence-corrected chi connectivity index (χ3v) is 6.71. The van der Waals surface area contributed by atoms with Crippen LogP contribution in [0.5, 0.6) is 0 Å². The zero-order chi connectivity index (χ0) is 28.9. The maximum atomic E-state index is 12.3. The van der Waals surface area contributed by atoms with Gasteiger partial charge in [-0.3, -0.25) is 9.59 Å². The fourth-order valence-corrected chi connectivity index (χ4v) is 4.32. The summed E-state index contributed by atoms with van der Waals surface area (Å²) in [4.78, 5) is 23.5. The summed E-state index contributed by atoms with van der Waals surface area (Å²) in [6.45, 7) is 2.34. The number of hydrogen-bond donors (Lipinski definition) is 4. The molecule has 0 saturated carbocycles. The van der Waals surface area contributed by atoms with E-state index in [4.69, 9.17) is 18.9 Å². The molecular formula is C29H52O10. The molecule has 0 aromatic heterocycles. The van der Waals surface area contributed by atoms with Gasteiger partial charge >= 0.3 is 11.9 Å². The number of hydrogen-bond acceptors (Lipinski definition) is 10. The van der Waals surface area contributed by atoms with Gasteiger partial charge in [-0.1, -0.05) is 70.4 Å². The van der Waals surface area contributed by atoms with Gasteiger partial charge in [0.25, 0.3) is 0 Å². The van der Waals surface area contributed by atoms with Gasteiger partial charge in [-0.2, -0.15) is 0 Å². The second kappa shape index (κ2) is 22.2. The molecule has 0 spiro atoms. The fourth-order valence-electron chi connectivity index (χ4n) is 4.32. The van der Waals surface area contributed by atoms with Crippen molar-refractivity contribution in [2.45, 2.75) is 141 Å². The summed E-state index contributed by atoms with van der Waals surface area (Å²) in [5.74, 6) is -1.01. The predicted octanol–water partition coefficient (Wildman–Crippen LogP) is 3.32. The lowest BCUT2D eigenvalue weighted by atomic mass is 9.99. The van der Waals surface area contributed by atoms with Gasteiger partial charge in [0.05, 0.1) is 13.2 Å². The smallest absolute Gasteiger partial charge is 0.306 e. The van der Waals surface area contributed by atoms with E-state index in [-0.39, 0.29) is 19.6 Å². The zero-order valence-corrected chi connectivity index (χ0v) is 23.9. The molecule has 0 unspecified atom stereocenters. The van der Waals surface area contributed by atoms with Crippen LogP contribution in [-0.2, 0) is 28.5 Å². The minimum atomic E-state index is -1.59. The van der Waals surface area contributed by atoms with E-state index in [1.165, 1.54) is 51.9 Å². The van der Waals surface area contributed by atoms with Crippen molar-refractivity contribution < 1.29 is 49.0 Å². The van der Waals surface area contributed by atoms with E-state index < -0.39 is 55.4 Å². The van der Waals surface area contributed by atoms with Crippen LogP contribution < -0.4 is 0 Å². The lowest BCUT2D eigenvalue weighted by molar-refractivity contribution is -0.305. The van der Waals surface area contributed by atoms with Gasteiger partial charge in [-0.25, -0.2) is 0 Å². The molecule has 0 aliphatic carbocycles. The van der Waals surface area contributed by atoms with E-state index in [1.807, 2.05) is 0 Å². The topological polar surface area (TPSA) is 152 Å². The quantitative estimate of drug-likeness (QED) is 0.0881. The summed E-state index contributed by atoms with van der Waals surface area (Å²) in [6.07, 6.45) is 11.7. The van der Waals surface area contributed by atoms with Crippen LogP contribution in [0.3, 0.4) is 0 Å². The minimum Gasteiger partial charge on any atom is -0.462 e. The highest BCUT2D eigenvalue weighted by Crippen LogP contribution is 2.22. The van der Waals surface area contributed by atoms with Crippen LogP contribution in [0.2, 0.25) is 0 Å². The summed E-state index contributed by atoms with van der Waals surface area (Å²) >= 11 is 0. The molecule has 0 radical (unpaired) electrons. The molecule has 1 saturated heterocycles. The number of esters is 2. The molecule has 39 heavy (non-hydrogen) atoms. The van der Waals surface area contributed by atoms with Crippen molar-refractivity contribution >= 4 is 11.9 Å². The molecule has 10 heteroatoms. The number of allylic oxidation sites excluding steroid dienone is 2. The molecule has 1 fully saturated rings. The Balaban J connectivity index is 2.23. The molecular weight excluding hydrogens is 508 g/mol. The Hall–Kier alpha value is -1.56. The third-order valence-electron chi connectivity index (χ3n) is 6.71. The number of aliphatic hydroxyl groups excluding tert-OH is 4. The molecule has 6 atom stereocenters. The number of ether oxygens (including phenoxy) is 4. The number of carbonyl (C=O) groups is 2. The molecule has 4 N–H and O–H groups in total. The Morgan fingerprint density at radius 1 is 0.821 bits per heavy atom. The Morgan fingerprint density at radius 3 is 2.00 bits per heavy atom. The normalized spacial score (nSPS) is 24.1. The van der Waals surface area contributed by atoms with E-state index in [2.05, 4.69) is 19.1 Å². The Bertz CT molecular complexity index is 668. The average molecular weight is 561 g/mol. The first-order valence-corrected chi connectivity index (χ1v) is 14.7. The summed E-state index contributed by atoms with van der Waals surface area (Å²) in [5, 5.41) is 39.1. The summed E-state index contributed by atoms with van der Waals surface area (Å²) in [5.41, 5.74) is 0. The standard InChI is InChI=1S/C29H52O10/c1-3-4-5-6-7-8-9-10-11-12-13-14-15-16-17-18-25(32)38-23(20-36-22(2)31)21-37-29-28(35)27(34)26(33)24(19-30)39-29/h10-11,23-24,26-30,33-35H,3-9,12-21H2,1-2H3/b11-10-/t23-,24-,26+,27+,28-,29+/m1/s1. The molecule has 1 aliphatic heterocycles. The Labute approximate surface area is 233 Å². The molecule has 0 amide bonds. The van der Waals surface area contributed by atoms with Gasteiger partial charge in [0.15, 0.2) is 12.4 Å². The van der Waals surface area contributed by atoms with Crippen LogP contribution in [-0.4, -0.2) is 89.0 Å². The van der Waals surface area contributed by atoms with Gasteiger partial charge < -0.3 is 39.4 Å². The van der Waals surface area contributed by atoms with E-state index >= 15 is 0 Å². The first-order chi connectivity index (χ1) is 18.8. The van der Waals surface area contributed by atoms with Crippen LogP contribution in [0.15, 0.2) is 12.2 Å². The van der Waals surface area contributed by atoms with Crippen molar-refractivity contribution in [2.75, 3.05) is 19.8 Å². The fraction of sp³-hybridized carbons (Fsp3) is 0.862. The second-order valence-corrected chi connectivity index (χ2v) is 10.3. The van der Waals surface area contributed by atoms with E-state index in [9.17, 15) is 30.0 Å². The summed E-state index contributed by atoms with van der Waals surface area (Å²) < 4.78 is 21.1. The van der Waals surface area contributed by atoms with Crippen molar-refractivity contribution in [2.24, 2.45) is 0 Å². The van der Waals surface area contributed by atoms with Gasteiger partial charge in [0.2, 0.25) is 0 Å². The lowest BCUT2D eigenvalue weighted by Crippen LogP contribution is -2.59. The van der Waals surface area contributed by atoms with Crippen LogP contribution in [0, 0.1) is 0 Å². The zero-order valence-electron chi connectivity index (χ0n) is 23.9. The average Bonchev–Trinajstić information content (AvgIpc) is 2.91. The van der Waals surface area contributed by atoms with E-state index in [0.717, 1.165) is 32.1 Å².